The van der Waals surface area contributed by atoms with Crippen molar-refractivity contribution in [1.29, 1.82) is 0 Å². The molecule has 4 heteroatoms. The third-order valence-electron chi connectivity index (χ3n) is 4.56. The Hall–Kier alpha value is -3.40. The lowest BCUT2D eigenvalue weighted by Gasteiger charge is -2.09. The topological polar surface area (TPSA) is 52.6 Å². The van der Waals surface area contributed by atoms with Crippen LogP contribution in [0.2, 0.25) is 0 Å². The number of ketones is 1. The van der Waals surface area contributed by atoms with Crippen LogP contribution in [-0.2, 0) is 16.1 Å². The maximum absolute atomic E-state index is 12.4. The van der Waals surface area contributed by atoms with Crippen LogP contribution in [0.3, 0.4) is 0 Å². The minimum atomic E-state index is -0.442. The highest BCUT2D eigenvalue weighted by Gasteiger charge is 2.10. The van der Waals surface area contributed by atoms with Gasteiger partial charge in [-0.3, -0.25) is 4.79 Å². The molecule has 0 bridgehead atoms. The first kappa shape index (κ1) is 20.3. The van der Waals surface area contributed by atoms with Crippen molar-refractivity contribution in [2.75, 3.05) is 6.61 Å². The molecule has 0 radical (unpaired) electrons. The minimum Gasteiger partial charge on any atom is -0.482 e. The smallest absolute Gasteiger partial charge is 0.344 e. The number of esters is 1. The van der Waals surface area contributed by atoms with Crippen LogP contribution in [-0.4, -0.2) is 18.4 Å². The van der Waals surface area contributed by atoms with E-state index in [2.05, 4.69) is 13.8 Å². The zero-order valence-corrected chi connectivity index (χ0v) is 16.6. The average molecular weight is 388 g/mol. The standard InChI is InChI=1S/C25H24O4/c1-18(2)20-10-8-19(9-11-20)16-29-24(26)17-28-23-14-12-22(13-15-23)25(27)21-6-4-3-5-7-21/h3-15,18H,16-17H2,1-2H3. The van der Waals surface area contributed by atoms with Gasteiger partial charge in [0.1, 0.15) is 12.4 Å². The molecule has 0 fully saturated rings. The Labute approximate surface area is 171 Å². The van der Waals surface area contributed by atoms with Crippen molar-refractivity contribution in [3.8, 4) is 5.75 Å². The summed E-state index contributed by atoms with van der Waals surface area (Å²) in [7, 11) is 0. The van der Waals surface area contributed by atoms with Gasteiger partial charge in [-0.25, -0.2) is 4.79 Å². The quantitative estimate of drug-likeness (QED) is 0.395. The number of ether oxygens (including phenoxy) is 2. The third kappa shape index (κ3) is 5.79. The summed E-state index contributed by atoms with van der Waals surface area (Å²) in [4.78, 5) is 24.3. The molecule has 0 unspecified atom stereocenters. The van der Waals surface area contributed by atoms with Crippen molar-refractivity contribution >= 4 is 11.8 Å². The Morgan fingerprint density at radius 3 is 2.03 bits per heavy atom. The molecule has 0 saturated carbocycles. The van der Waals surface area contributed by atoms with Gasteiger partial charge in [-0.1, -0.05) is 68.4 Å². The summed E-state index contributed by atoms with van der Waals surface area (Å²) in [6, 6.07) is 23.8. The van der Waals surface area contributed by atoms with Crippen molar-refractivity contribution in [1.82, 2.24) is 0 Å². The zero-order chi connectivity index (χ0) is 20.6. The highest BCUT2D eigenvalue weighted by Crippen LogP contribution is 2.17. The molecule has 0 atom stereocenters. The van der Waals surface area contributed by atoms with E-state index in [9.17, 15) is 9.59 Å². The molecule has 0 aromatic heterocycles. The number of carbonyl (C=O) groups is 2. The van der Waals surface area contributed by atoms with E-state index in [0.29, 0.717) is 22.8 Å². The van der Waals surface area contributed by atoms with Gasteiger partial charge in [0.2, 0.25) is 0 Å². The Kier molecular flexibility index (Phi) is 6.80. The van der Waals surface area contributed by atoms with Gasteiger partial charge in [0.05, 0.1) is 0 Å². The molecule has 0 aliphatic rings. The van der Waals surface area contributed by atoms with Gasteiger partial charge in [-0.15, -0.1) is 0 Å². The summed E-state index contributed by atoms with van der Waals surface area (Å²) in [5, 5.41) is 0. The van der Waals surface area contributed by atoms with Crippen molar-refractivity contribution in [2.45, 2.75) is 26.4 Å². The predicted molar refractivity (Wildman–Crippen MR) is 112 cm³/mol. The predicted octanol–water partition coefficient (Wildman–Crippen LogP) is 5.16. The molecule has 0 heterocycles. The van der Waals surface area contributed by atoms with Gasteiger partial charge in [0.25, 0.3) is 0 Å². The third-order valence-corrected chi connectivity index (χ3v) is 4.56. The SMILES string of the molecule is CC(C)c1ccc(COC(=O)COc2ccc(C(=O)c3ccccc3)cc2)cc1. The molecular weight excluding hydrogens is 364 g/mol. The van der Waals surface area contributed by atoms with E-state index in [1.807, 2.05) is 42.5 Å². The molecule has 0 saturated heterocycles. The maximum Gasteiger partial charge on any atom is 0.344 e. The fourth-order valence-corrected chi connectivity index (χ4v) is 2.81. The second-order valence-corrected chi connectivity index (χ2v) is 7.07. The van der Waals surface area contributed by atoms with Crippen LogP contribution < -0.4 is 4.74 Å². The summed E-state index contributed by atoms with van der Waals surface area (Å²) >= 11 is 0. The van der Waals surface area contributed by atoms with E-state index < -0.39 is 5.97 Å². The van der Waals surface area contributed by atoms with Crippen molar-refractivity contribution in [3.63, 3.8) is 0 Å². The van der Waals surface area contributed by atoms with Crippen molar-refractivity contribution in [3.05, 3.63) is 101 Å². The Morgan fingerprint density at radius 1 is 0.793 bits per heavy atom. The molecule has 3 rings (SSSR count). The van der Waals surface area contributed by atoms with Crippen LogP contribution in [0, 0.1) is 0 Å². The molecule has 4 nitrogen and oxygen atoms in total. The second-order valence-electron chi connectivity index (χ2n) is 7.07. The van der Waals surface area contributed by atoms with E-state index in [-0.39, 0.29) is 19.0 Å². The number of benzene rings is 3. The lowest BCUT2D eigenvalue weighted by molar-refractivity contribution is -0.147. The highest BCUT2D eigenvalue weighted by molar-refractivity contribution is 6.08. The first-order valence-electron chi connectivity index (χ1n) is 9.60. The van der Waals surface area contributed by atoms with Gasteiger partial charge in [0, 0.05) is 11.1 Å². The first-order chi connectivity index (χ1) is 14.0. The van der Waals surface area contributed by atoms with Gasteiger partial charge < -0.3 is 9.47 Å². The summed E-state index contributed by atoms with van der Waals surface area (Å²) in [6.45, 7) is 4.30. The lowest BCUT2D eigenvalue weighted by atomic mass is 10.0. The highest BCUT2D eigenvalue weighted by atomic mass is 16.6. The number of hydrogen-bond donors (Lipinski definition) is 0. The Morgan fingerprint density at radius 2 is 1.41 bits per heavy atom. The molecule has 0 spiro atoms. The van der Waals surface area contributed by atoms with E-state index in [1.54, 1.807) is 36.4 Å². The van der Waals surface area contributed by atoms with Crippen LogP contribution in [0.25, 0.3) is 0 Å². The van der Waals surface area contributed by atoms with E-state index in [1.165, 1.54) is 5.56 Å². The van der Waals surface area contributed by atoms with Gasteiger partial charge in [0.15, 0.2) is 12.4 Å². The fourth-order valence-electron chi connectivity index (χ4n) is 2.81. The zero-order valence-electron chi connectivity index (χ0n) is 16.6. The van der Waals surface area contributed by atoms with E-state index in [0.717, 1.165) is 5.56 Å². The number of hydrogen-bond acceptors (Lipinski definition) is 4. The summed E-state index contributed by atoms with van der Waals surface area (Å²) < 4.78 is 10.7. The van der Waals surface area contributed by atoms with Gasteiger partial charge >= 0.3 is 5.97 Å². The minimum absolute atomic E-state index is 0.0555. The van der Waals surface area contributed by atoms with E-state index >= 15 is 0 Å². The van der Waals surface area contributed by atoms with Crippen LogP contribution in [0.4, 0.5) is 0 Å². The molecule has 3 aromatic rings. The molecule has 29 heavy (non-hydrogen) atoms. The van der Waals surface area contributed by atoms with E-state index in [4.69, 9.17) is 9.47 Å². The average Bonchev–Trinajstić information content (AvgIpc) is 2.77. The first-order valence-corrected chi connectivity index (χ1v) is 9.60. The monoisotopic (exact) mass is 388 g/mol. The fraction of sp³-hybridized carbons (Fsp3) is 0.200. The lowest BCUT2D eigenvalue weighted by Crippen LogP contribution is -2.14. The van der Waals surface area contributed by atoms with Crippen LogP contribution in [0.15, 0.2) is 78.9 Å². The molecule has 0 amide bonds. The van der Waals surface area contributed by atoms with Crippen LogP contribution >= 0.6 is 0 Å². The maximum atomic E-state index is 12.4. The Balaban J connectivity index is 1.47. The molecule has 0 N–H and O–H groups in total. The molecule has 3 aromatic carbocycles. The Bertz CT molecular complexity index is 942. The van der Waals surface area contributed by atoms with Crippen molar-refractivity contribution in [2.24, 2.45) is 0 Å². The van der Waals surface area contributed by atoms with Gasteiger partial charge in [-0.05, 0) is 41.3 Å². The second kappa shape index (κ2) is 9.69. The number of rotatable bonds is 8. The van der Waals surface area contributed by atoms with Crippen molar-refractivity contribution < 1.29 is 19.1 Å². The van der Waals surface area contributed by atoms with Crippen LogP contribution in [0.1, 0.15) is 46.8 Å². The molecule has 0 aliphatic carbocycles. The molecular formula is C25H24O4. The van der Waals surface area contributed by atoms with Crippen LogP contribution in [0.5, 0.6) is 5.75 Å². The molecule has 0 aliphatic heterocycles. The number of carbonyl (C=O) groups excluding carboxylic acids is 2. The normalized spacial score (nSPS) is 10.6. The summed E-state index contributed by atoms with van der Waals surface area (Å²) in [5.41, 5.74) is 3.38. The summed E-state index contributed by atoms with van der Waals surface area (Å²) in [6.07, 6.45) is 0. The van der Waals surface area contributed by atoms with Gasteiger partial charge in [-0.2, -0.15) is 0 Å². The molecule has 148 valence electrons. The summed E-state index contributed by atoms with van der Waals surface area (Å²) in [5.74, 6) is 0.477. The largest absolute Gasteiger partial charge is 0.482 e.